The van der Waals surface area contributed by atoms with Crippen LogP contribution >= 0.6 is 0 Å². The molecule has 1 aromatic heterocycles. The van der Waals surface area contributed by atoms with E-state index in [-0.39, 0.29) is 0 Å². The van der Waals surface area contributed by atoms with Crippen molar-refractivity contribution in [3.8, 4) is 5.75 Å². The second-order valence-electron chi connectivity index (χ2n) is 7.33. The van der Waals surface area contributed by atoms with Crippen LogP contribution in [0.2, 0.25) is 0 Å². The SMILES string of the molecule is CCCN(CCC)c1cc(C)nc(N2CCN(c3ccc(OC)cc3)CC2)n1. The molecule has 0 amide bonds. The summed E-state index contributed by atoms with van der Waals surface area (Å²) in [5, 5.41) is 0. The Bertz CT molecular complexity index is 735. The number of hydrogen-bond donors (Lipinski definition) is 0. The lowest BCUT2D eigenvalue weighted by molar-refractivity contribution is 0.415. The number of piperazine rings is 1. The first kappa shape index (κ1) is 20.2. The normalized spacial score (nSPS) is 14.3. The standard InChI is InChI=1S/C22H33N5O/c1-5-11-26(12-6-2)21-17-18(3)23-22(24-21)27-15-13-25(14-16-27)19-7-9-20(28-4)10-8-19/h7-10,17H,5-6,11-16H2,1-4H3. The van der Waals surface area contributed by atoms with E-state index in [1.807, 2.05) is 12.1 Å². The van der Waals surface area contributed by atoms with Crippen LogP contribution in [0.1, 0.15) is 32.4 Å². The van der Waals surface area contributed by atoms with Gasteiger partial charge in [0.1, 0.15) is 11.6 Å². The molecule has 2 heterocycles. The lowest BCUT2D eigenvalue weighted by atomic mass is 10.2. The molecule has 0 saturated carbocycles. The molecular weight excluding hydrogens is 350 g/mol. The Morgan fingerprint density at radius 3 is 2.11 bits per heavy atom. The zero-order chi connectivity index (χ0) is 19.9. The summed E-state index contributed by atoms with van der Waals surface area (Å²) >= 11 is 0. The molecule has 1 saturated heterocycles. The monoisotopic (exact) mass is 383 g/mol. The molecule has 1 fully saturated rings. The minimum absolute atomic E-state index is 0.863. The van der Waals surface area contributed by atoms with Crippen LogP contribution in [0.15, 0.2) is 30.3 Å². The number of methoxy groups -OCH3 is 1. The van der Waals surface area contributed by atoms with E-state index in [2.05, 4.69) is 53.7 Å². The van der Waals surface area contributed by atoms with Gasteiger partial charge in [-0.3, -0.25) is 0 Å². The first-order chi connectivity index (χ1) is 13.6. The van der Waals surface area contributed by atoms with Gasteiger partial charge in [-0.25, -0.2) is 4.98 Å². The third kappa shape index (κ3) is 4.86. The molecule has 0 N–H and O–H groups in total. The van der Waals surface area contributed by atoms with E-state index in [1.165, 1.54) is 5.69 Å². The van der Waals surface area contributed by atoms with E-state index in [9.17, 15) is 0 Å². The van der Waals surface area contributed by atoms with Crippen LogP contribution in [0.5, 0.6) is 5.75 Å². The van der Waals surface area contributed by atoms with E-state index >= 15 is 0 Å². The van der Waals surface area contributed by atoms with Crippen LogP contribution in [0.3, 0.4) is 0 Å². The number of hydrogen-bond acceptors (Lipinski definition) is 6. The molecule has 152 valence electrons. The molecule has 2 aromatic rings. The summed E-state index contributed by atoms with van der Waals surface area (Å²) in [7, 11) is 1.70. The lowest BCUT2D eigenvalue weighted by Crippen LogP contribution is -2.47. The molecule has 1 aliphatic heterocycles. The topological polar surface area (TPSA) is 44.7 Å². The summed E-state index contributed by atoms with van der Waals surface area (Å²) in [5.41, 5.74) is 2.28. The lowest BCUT2D eigenvalue weighted by Gasteiger charge is -2.36. The second-order valence-corrected chi connectivity index (χ2v) is 7.33. The Morgan fingerprint density at radius 2 is 1.54 bits per heavy atom. The van der Waals surface area contributed by atoms with Crippen LogP contribution in [0.4, 0.5) is 17.5 Å². The molecule has 1 aliphatic rings. The molecule has 0 spiro atoms. The van der Waals surface area contributed by atoms with Gasteiger partial charge >= 0.3 is 0 Å². The van der Waals surface area contributed by atoms with E-state index in [1.54, 1.807) is 7.11 Å². The Kier molecular flexibility index (Phi) is 6.95. The Hall–Kier alpha value is -2.50. The highest BCUT2D eigenvalue weighted by Gasteiger charge is 2.21. The average molecular weight is 384 g/mol. The first-order valence-corrected chi connectivity index (χ1v) is 10.4. The van der Waals surface area contributed by atoms with Crippen LogP contribution < -0.4 is 19.4 Å². The molecule has 0 unspecified atom stereocenters. The Morgan fingerprint density at radius 1 is 0.929 bits per heavy atom. The predicted octanol–water partition coefficient (Wildman–Crippen LogP) is 3.75. The predicted molar refractivity (Wildman–Crippen MR) is 117 cm³/mol. The highest BCUT2D eigenvalue weighted by atomic mass is 16.5. The van der Waals surface area contributed by atoms with Gasteiger partial charge in [-0.05, 0) is 44.0 Å². The molecule has 28 heavy (non-hydrogen) atoms. The maximum Gasteiger partial charge on any atom is 0.227 e. The van der Waals surface area contributed by atoms with Crippen LogP contribution in [0.25, 0.3) is 0 Å². The number of rotatable bonds is 8. The van der Waals surface area contributed by atoms with Crippen molar-refractivity contribution in [3.05, 3.63) is 36.0 Å². The summed E-state index contributed by atoms with van der Waals surface area (Å²) in [4.78, 5) is 16.8. The van der Waals surface area contributed by atoms with Gasteiger partial charge in [-0.15, -0.1) is 0 Å². The fraction of sp³-hybridized carbons (Fsp3) is 0.545. The van der Waals surface area contributed by atoms with Crippen molar-refractivity contribution in [1.29, 1.82) is 0 Å². The minimum atomic E-state index is 0.863. The van der Waals surface area contributed by atoms with Crippen molar-refractivity contribution in [2.75, 3.05) is 61.1 Å². The number of nitrogens with zero attached hydrogens (tertiary/aromatic N) is 5. The first-order valence-electron chi connectivity index (χ1n) is 10.4. The fourth-order valence-electron chi connectivity index (χ4n) is 3.68. The molecule has 0 atom stereocenters. The van der Waals surface area contributed by atoms with Crippen LogP contribution in [0, 0.1) is 6.92 Å². The highest BCUT2D eigenvalue weighted by Crippen LogP contribution is 2.23. The number of ether oxygens (including phenoxy) is 1. The van der Waals surface area contributed by atoms with Crippen LogP contribution in [-0.4, -0.2) is 56.3 Å². The molecule has 1 aromatic carbocycles. The summed E-state index contributed by atoms with van der Waals surface area (Å²) in [6, 6.07) is 10.4. The Labute approximate surface area is 169 Å². The van der Waals surface area contributed by atoms with Crippen LogP contribution in [-0.2, 0) is 0 Å². The number of aryl methyl sites for hydroxylation is 1. The zero-order valence-corrected chi connectivity index (χ0v) is 17.7. The van der Waals surface area contributed by atoms with Gasteiger partial charge in [0.05, 0.1) is 7.11 Å². The number of anilines is 3. The van der Waals surface area contributed by atoms with Crippen molar-refractivity contribution in [2.45, 2.75) is 33.6 Å². The second kappa shape index (κ2) is 9.62. The average Bonchev–Trinajstić information content (AvgIpc) is 2.73. The fourth-order valence-corrected chi connectivity index (χ4v) is 3.68. The van der Waals surface area contributed by atoms with Gasteiger partial charge in [0.25, 0.3) is 0 Å². The third-order valence-corrected chi connectivity index (χ3v) is 5.14. The van der Waals surface area contributed by atoms with Gasteiger partial charge in [0, 0.05) is 56.7 Å². The number of benzene rings is 1. The van der Waals surface area contributed by atoms with Crippen molar-refractivity contribution in [1.82, 2.24) is 9.97 Å². The molecule has 6 heteroatoms. The molecular formula is C22H33N5O. The maximum absolute atomic E-state index is 5.26. The van der Waals surface area contributed by atoms with E-state index in [0.717, 1.165) is 75.3 Å². The highest BCUT2D eigenvalue weighted by molar-refractivity contribution is 5.52. The van der Waals surface area contributed by atoms with Gasteiger partial charge < -0.3 is 19.4 Å². The molecule has 0 aliphatic carbocycles. The molecule has 3 rings (SSSR count). The summed E-state index contributed by atoms with van der Waals surface area (Å²) in [5.74, 6) is 2.82. The number of aromatic nitrogens is 2. The maximum atomic E-state index is 5.26. The van der Waals surface area contributed by atoms with Gasteiger partial charge in [0.15, 0.2) is 0 Å². The van der Waals surface area contributed by atoms with Crippen molar-refractivity contribution in [2.24, 2.45) is 0 Å². The van der Waals surface area contributed by atoms with E-state index in [0.29, 0.717) is 0 Å². The van der Waals surface area contributed by atoms with Crippen molar-refractivity contribution < 1.29 is 4.74 Å². The summed E-state index contributed by atoms with van der Waals surface area (Å²) < 4.78 is 5.26. The third-order valence-electron chi connectivity index (χ3n) is 5.14. The summed E-state index contributed by atoms with van der Waals surface area (Å²) in [6.45, 7) is 12.4. The zero-order valence-electron chi connectivity index (χ0n) is 17.7. The largest absolute Gasteiger partial charge is 0.497 e. The molecule has 0 radical (unpaired) electrons. The minimum Gasteiger partial charge on any atom is -0.497 e. The smallest absolute Gasteiger partial charge is 0.227 e. The summed E-state index contributed by atoms with van der Waals surface area (Å²) in [6.07, 6.45) is 2.25. The van der Waals surface area contributed by atoms with Gasteiger partial charge in [-0.1, -0.05) is 13.8 Å². The van der Waals surface area contributed by atoms with Gasteiger partial charge in [-0.2, -0.15) is 4.98 Å². The van der Waals surface area contributed by atoms with E-state index in [4.69, 9.17) is 14.7 Å². The van der Waals surface area contributed by atoms with Crippen molar-refractivity contribution >= 4 is 17.5 Å². The molecule has 0 bridgehead atoms. The molecule has 6 nitrogen and oxygen atoms in total. The Balaban J connectivity index is 1.69. The van der Waals surface area contributed by atoms with Gasteiger partial charge in [0.2, 0.25) is 5.95 Å². The van der Waals surface area contributed by atoms with E-state index < -0.39 is 0 Å². The quantitative estimate of drug-likeness (QED) is 0.692. The van der Waals surface area contributed by atoms with Crippen molar-refractivity contribution in [3.63, 3.8) is 0 Å².